The second-order valence-electron chi connectivity index (χ2n) is 6.28. The normalized spacial score (nSPS) is 19.9. The number of rotatable bonds is 2. The molecule has 0 radical (unpaired) electrons. The smallest absolute Gasteiger partial charge is 0.318 e. The van der Waals surface area contributed by atoms with E-state index in [9.17, 15) is 4.79 Å². The fourth-order valence-electron chi connectivity index (χ4n) is 3.54. The highest BCUT2D eigenvalue weighted by atomic mass is 16.2. The van der Waals surface area contributed by atoms with E-state index >= 15 is 0 Å². The van der Waals surface area contributed by atoms with Crippen molar-refractivity contribution >= 4 is 11.8 Å². The molecule has 1 aromatic carbocycles. The molecule has 4 rings (SSSR count). The molecule has 1 aromatic heterocycles. The number of urea groups is 1. The standard InChI is InChI=1S/C18H21N5O/c24-18(21-16-6-5-14-3-1-2-4-15(14)16)23-11-9-22(10-12-23)17-13-19-7-8-20-17/h1-4,7-8,13,16H,5-6,9-12H2,(H,21,24)/t16-/m1/s1. The van der Waals surface area contributed by atoms with Gasteiger partial charge in [-0.1, -0.05) is 24.3 Å². The summed E-state index contributed by atoms with van der Waals surface area (Å²) in [6, 6.07) is 8.57. The van der Waals surface area contributed by atoms with E-state index < -0.39 is 0 Å². The first kappa shape index (κ1) is 14.9. The second-order valence-corrected chi connectivity index (χ2v) is 6.28. The van der Waals surface area contributed by atoms with E-state index in [-0.39, 0.29) is 12.1 Å². The molecular weight excluding hydrogens is 302 g/mol. The summed E-state index contributed by atoms with van der Waals surface area (Å²) in [5.41, 5.74) is 2.62. The van der Waals surface area contributed by atoms with Crippen LogP contribution in [0.25, 0.3) is 0 Å². The van der Waals surface area contributed by atoms with Crippen LogP contribution in [0, 0.1) is 0 Å². The lowest BCUT2D eigenvalue weighted by Crippen LogP contribution is -2.52. The van der Waals surface area contributed by atoms with Crippen molar-refractivity contribution in [1.29, 1.82) is 0 Å². The first-order valence-electron chi connectivity index (χ1n) is 8.45. The molecule has 6 nitrogen and oxygen atoms in total. The zero-order valence-electron chi connectivity index (χ0n) is 13.6. The minimum atomic E-state index is 0.0375. The summed E-state index contributed by atoms with van der Waals surface area (Å²) in [6.45, 7) is 2.98. The molecule has 0 spiro atoms. The Balaban J connectivity index is 1.34. The number of aromatic nitrogens is 2. The SMILES string of the molecule is O=C(N[C@@H]1CCc2ccccc21)N1CCN(c2cnccn2)CC1. The third kappa shape index (κ3) is 2.91. The molecule has 1 aliphatic carbocycles. The zero-order chi connectivity index (χ0) is 16.4. The van der Waals surface area contributed by atoms with Crippen LogP contribution in [-0.2, 0) is 6.42 Å². The van der Waals surface area contributed by atoms with E-state index in [2.05, 4.69) is 38.4 Å². The van der Waals surface area contributed by atoms with Crippen LogP contribution in [0.3, 0.4) is 0 Å². The first-order valence-corrected chi connectivity index (χ1v) is 8.45. The van der Waals surface area contributed by atoms with Gasteiger partial charge in [-0.2, -0.15) is 0 Å². The fraction of sp³-hybridized carbons (Fsp3) is 0.389. The van der Waals surface area contributed by atoms with Gasteiger partial charge in [-0.15, -0.1) is 0 Å². The maximum absolute atomic E-state index is 12.6. The Morgan fingerprint density at radius 3 is 2.75 bits per heavy atom. The topological polar surface area (TPSA) is 61.4 Å². The Morgan fingerprint density at radius 1 is 1.12 bits per heavy atom. The number of aryl methyl sites for hydroxylation is 1. The van der Waals surface area contributed by atoms with Crippen LogP contribution in [0.4, 0.5) is 10.6 Å². The maximum Gasteiger partial charge on any atom is 0.318 e. The van der Waals surface area contributed by atoms with E-state index in [1.807, 2.05) is 11.0 Å². The molecule has 2 aromatic rings. The van der Waals surface area contributed by atoms with Gasteiger partial charge in [0, 0.05) is 38.6 Å². The van der Waals surface area contributed by atoms with E-state index in [1.165, 1.54) is 11.1 Å². The average molecular weight is 323 g/mol. The van der Waals surface area contributed by atoms with Crippen LogP contribution in [0.2, 0.25) is 0 Å². The van der Waals surface area contributed by atoms with Crippen molar-refractivity contribution in [3.63, 3.8) is 0 Å². The number of carbonyl (C=O) groups excluding carboxylic acids is 1. The molecule has 24 heavy (non-hydrogen) atoms. The van der Waals surface area contributed by atoms with Crippen LogP contribution in [0.1, 0.15) is 23.6 Å². The highest BCUT2D eigenvalue weighted by Crippen LogP contribution is 2.30. The summed E-state index contributed by atoms with van der Waals surface area (Å²) in [5.74, 6) is 0.877. The zero-order valence-corrected chi connectivity index (χ0v) is 13.6. The Kier molecular flexibility index (Phi) is 4.02. The van der Waals surface area contributed by atoms with Crippen LogP contribution >= 0.6 is 0 Å². The van der Waals surface area contributed by atoms with Gasteiger partial charge in [-0.05, 0) is 24.0 Å². The lowest BCUT2D eigenvalue weighted by atomic mass is 10.1. The summed E-state index contributed by atoms with van der Waals surface area (Å²) in [6.07, 6.45) is 7.18. The molecule has 1 aliphatic heterocycles. The van der Waals surface area contributed by atoms with Gasteiger partial charge in [-0.3, -0.25) is 4.98 Å². The molecule has 124 valence electrons. The highest BCUT2D eigenvalue weighted by molar-refractivity contribution is 5.75. The summed E-state index contributed by atoms with van der Waals surface area (Å²) >= 11 is 0. The number of benzene rings is 1. The Hall–Kier alpha value is -2.63. The van der Waals surface area contributed by atoms with Gasteiger partial charge in [0.1, 0.15) is 5.82 Å². The van der Waals surface area contributed by atoms with Crippen molar-refractivity contribution in [3.8, 4) is 0 Å². The maximum atomic E-state index is 12.6. The number of fused-ring (bicyclic) bond motifs is 1. The van der Waals surface area contributed by atoms with Gasteiger partial charge in [0.05, 0.1) is 12.2 Å². The van der Waals surface area contributed by atoms with Crippen molar-refractivity contribution in [3.05, 3.63) is 54.0 Å². The lowest BCUT2D eigenvalue weighted by Gasteiger charge is -2.35. The van der Waals surface area contributed by atoms with Gasteiger partial charge < -0.3 is 15.1 Å². The largest absolute Gasteiger partial charge is 0.352 e. The fourth-order valence-corrected chi connectivity index (χ4v) is 3.54. The second kappa shape index (κ2) is 6.47. The molecule has 2 aliphatic rings. The quantitative estimate of drug-likeness (QED) is 0.918. The van der Waals surface area contributed by atoms with Gasteiger partial charge in [-0.25, -0.2) is 9.78 Å². The number of nitrogens with one attached hydrogen (secondary N) is 1. The number of nitrogens with zero attached hydrogens (tertiary/aromatic N) is 4. The van der Waals surface area contributed by atoms with Crippen LogP contribution in [0.5, 0.6) is 0 Å². The molecule has 1 saturated heterocycles. The summed E-state index contributed by atoms with van der Waals surface area (Å²) in [4.78, 5) is 25.1. The van der Waals surface area contributed by atoms with E-state index in [1.54, 1.807) is 18.6 Å². The lowest BCUT2D eigenvalue weighted by molar-refractivity contribution is 0.190. The molecule has 0 unspecified atom stereocenters. The third-order valence-electron chi connectivity index (χ3n) is 4.87. The van der Waals surface area contributed by atoms with Crippen LogP contribution in [-0.4, -0.2) is 47.1 Å². The van der Waals surface area contributed by atoms with Gasteiger partial charge in [0.25, 0.3) is 0 Å². The number of carbonyl (C=O) groups is 1. The molecule has 1 fully saturated rings. The molecule has 0 bridgehead atoms. The monoisotopic (exact) mass is 323 g/mol. The predicted molar refractivity (Wildman–Crippen MR) is 91.9 cm³/mol. The summed E-state index contributed by atoms with van der Waals surface area (Å²) in [7, 11) is 0. The van der Waals surface area contributed by atoms with E-state index in [0.29, 0.717) is 13.1 Å². The molecular formula is C18H21N5O. The Bertz CT molecular complexity index is 712. The summed E-state index contributed by atoms with van der Waals surface area (Å²) < 4.78 is 0. The molecule has 2 heterocycles. The van der Waals surface area contributed by atoms with Crippen molar-refractivity contribution in [2.24, 2.45) is 0 Å². The number of anilines is 1. The minimum absolute atomic E-state index is 0.0375. The molecule has 1 N–H and O–H groups in total. The van der Waals surface area contributed by atoms with Crippen LogP contribution in [0.15, 0.2) is 42.9 Å². The Morgan fingerprint density at radius 2 is 1.96 bits per heavy atom. The number of hydrogen-bond acceptors (Lipinski definition) is 4. The number of hydrogen-bond donors (Lipinski definition) is 1. The molecule has 0 saturated carbocycles. The van der Waals surface area contributed by atoms with E-state index in [4.69, 9.17) is 0 Å². The molecule has 1 atom stereocenters. The number of piperazine rings is 1. The van der Waals surface area contributed by atoms with Crippen molar-refractivity contribution in [2.75, 3.05) is 31.1 Å². The van der Waals surface area contributed by atoms with Gasteiger partial charge >= 0.3 is 6.03 Å². The molecule has 6 heteroatoms. The Labute approximate surface area is 141 Å². The summed E-state index contributed by atoms with van der Waals surface area (Å²) in [5, 5.41) is 3.20. The first-order chi connectivity index (χ1) is 11.8. The van der Waals surface area contributed by atoms with Gasteiger partial charge in [0.15, 0.2) is 0 Å². The van der Waals surface area contributed by atoms with Crippen molar-refractivity contribution < 1.29 is 4.79 Å². The van der Waals surface area contributed by atoms with Crippen molar-refractivity contribution in [1.82, 2.24) is 20.2 Å². The highest BCUT2D eigenvalue weighted by Gasteiger charge is 2.27. The number of amides is 2. The van der Waals surface area contributed by atoms with Crippen molar-refractivity contribution in [2.45, 2.75) is 18.9 Å². The minimum Gasteiger partial charge on any atom is -0.352 e. The average Bonchev–Trinajstić information content (AvgIpc) is 3.06. The molecule has 2 amide bonds. The van der Waals surface area contributed by atoms with Crippen LogP contribution < -0.4 is 10.2 Å². The third-order valence-corrected chi connectivity index (χ3v) is 4.87. The predicted octanol–water partition coefficient (Wildman–Crippen LogP) is 2.00. The van der Waals surface area contributed by atoms with Gasteiger partial charge in [0.2, 0.25) is 0 Å². The van der Waals surface area contributed by atoms with E-state index in [0.717, 1.165) is 31.7 Å².